The van der Waals surface area contributed by atoms with Gasteiger partial charge in [0.1, 0.15) is 6.10 Å². The first-order valence-electron chi connectivity index (χ1n) is 7.52. The maximum absolute atomic E-state index is 11.0. The Morgan fingerprint density at radius 1 is 1.10 bits per heavy atom. The van der Waals surface area contributed by atoms with E-state index in [-0.39, 0.29) is 18.4 Å². The van der Waals surface area contributed by atoms with Crippen molar-refractivity contribution < 1.29 is 25.2 Å². The molecule has 0 aromatic carbocycles. The van der Waals surface area contributed by atoms with Gasteiger partial charge in [-0.15, -0.1) is 0 Å². The highest BCUT2D eigenvalue weighted by Crippen LogP contribution is 2.62. The van der Waals surface area contributed by atoms with Crippen LogP contribution < -0.4 is 0 Å². The molecule has 3 rings (SSSR count). The number of fused-ring (bicyclic) bond motifs is 2. The van der Waals surface area contributed by atoms with E-state index in [1.165, 1.54) is 0 Å². The lowest BCUT2D eigenvalue weighted by Gasteiger charge is -2.44. The lowest BCUT2D eigenvalue weighted by Crippen LogP contribution is -2.54. The largest absolute Gasteiger partial charge is 0.393 e. The van der Waals surface area contributed by atoms with Crippen molar-refractivity contribution in [1.82, 2.24) is 0 Å². The van der Waals surface area contributed by atoms with Crippen molar-refractivity contribution in [2.75, 3.05) is 0 Å². The Morgan fingerprint density at radius 2 is 1.70 bits per heavy atom. The van der Waals surface area contributed by atoms with Gasteiger partial charge < -0.3 is 25.2 Å². The molecule has 2 saturated carbocycles. The van der Waals surface area contributed by atoms with E-state index in [0.717, 1.165) is 0 Å². The van der Waals surface area contributed by atoms with E-state index in [4.69, 9.17) is 4.74 Å². The summed E-state index contributed by atoms with van der Waals surface area (Å²) >= 11 is 0. The summed E-state index contributed by atoms with van der Waals surface area (Å²) in [6.07, 6.45) is -2.32. The maximum Gasteiger partial charge on any atom is 0.114 e. The van der Waals surface area contributed by atoms with E-state index in [9.17, 15) is 20.4 Å². The first kappa shape index (κ1) is 14.7. The minimum atomic E-state index is -1.16. The third-order valence-electron chi connectivity index (χ3n) is 6.31. The van der Waals surface area contributed by atoms with E-state index in [0.29, 0.717) is 6.42 Å². The van der Waals surface area contributed by atoms with Crippen molar-refractivity contribution in [2.45, 2.75) is 76.2 Å². The van der Waals surface area contributed by atoms with Gasteiger partial charge in [0.2, 0.25) is 0 Å². The van der Waals surface area contributed by atoms with Gasteiger partial charge in [-0.1, -0.05) is 20.8 Å². The molecule has 3 fully saturated rings. The van der Waals surface area contributed by atoms with Crippen LogP contribution in [0.15, 0.2) is 0 Å². The van der Waals surface area contributed by atoms with Gasteiger partial charge in [0.15, 0.2) is 0 Å². The smallest absolute Gasteiger partial charge is 0.114 e. The fourth-order valence-corrected chi connectivity index (χ4v) is 4.80. The molecule has 2 aliphatic carbocycles. The van der Waals surface area contributed by atoms with Gasteiger partial charge >= 0.3 is 0 Å². The predicted octanol–water partition coefficient (Wildman–Crippen LogP) is 0.0436. The fourth-order valence-electron chi connectivity index (χ4n) is 4.80. The second-order valence-corrected chi connectivity index (χ2v) is 7.78. The average Bonchev–Trinajstić information content (AvgIpc) is 2.92. The molecule has 1 saturated heterocycles. The van der Waals surface area contributed by atoms with Gasteiger partial charge in [0.05, 0.1) is 29.5 Å². The van der Waals surface area contributed by atoms with Gasteiger partial charge in [-0.25, -0.2) is 0 Å². The maximum atomic E-state index is 11.0. The molecule has 4 N–H and O–H groups in total. The highest BCUT2D eigenvalue weighted by molar-refractivity contribution is 5.22. The minimum Gasteiger partial charge on any atom is -0.393 e. The Kier molecular flexibility index (Phi) is 2.91. The Morgan fingerprint density at radius 3 is 2.25 bits per heavy atom. The number of hydrogen-bond acceptors (Lipinski definition) is 5. The molecule has 0 bridgehead atoms. The summed E-state index contributed by atoms with van der Waals surface area (Å²) in [4.78, 5) is 0. The van der Waals surface area contributed by atoms with Crippen molar-refractivity contribution >= 4 is 0 Å². The number of hydrogen-bond donors (Lipinski definition) is 4. The molecule has 3 aliphatic rings. The molecule has 8 atom stereocenters. The van der Waals surface area contributed by atoms with E-state index < -0.39 is 40.8 Å². The van der Waals surface area contributed by atoms with Crippen LogP contribution in [0, 0.1) is 17.3 Å². The summed E-state index contributed by atoms with van der Waals surface area (Å²) in [6.45, 7) is 7.42. The summed E-state index contributed by atoms with van der Waals surface area (Å²) in [7, 11) is 0. The molecular weight excluding hydrogens is 260 g/mol. The number of aliphatic hydroxyl groups is 4. The molecule has 5 heteroatoms. The summed E-state index contributed by atoms with van der Waals surface area (Å²) in [5.74, 6) is -0.651. The quantitative estimate of drug-likeness (QED) is 0.511. The molecule has 5 nitrogen and oxygen atoms in total. The lowest BCUT2D eigenvalue weighted by molar-refractivity contribution is -0.147. The molecular formula is C15H26O5. The van der Waals surface area contributed by atoms with E-state index in [1.54, 1.807) is 6.92 Å². The summed E-state index contributed by atoms with van der Waals surface area (Å²) in [5, 5.41) is 42.9. The van der Waals surface area contributed by atoms with E-state index in [1.807, 2.05) is 20.8 Å². The standard InChI is InChI=1S/C15H26O5/c1-7(2)15(19)6-9(17)14(4)10(15)8(16)5-13(3)12(20-13)11(14)18/h7-12,16-19H,5-6H2,1-4H3. The third-order valence-corrected chi connectivity index (χ3v) is 6.31. The predicted molar refractivity (Wildman–Crippen MR) is 71.9 cm³/mol. The third kappa shape index (κ3) is 1.56. The van der Waals surface area contributed by atoms with Crippen LogP contribution >= 0.6 is 0 Å². The lowest BCUT2D eigenvalue weighted by atomic mass is 9.66. The van der Waals surface area contributed by atoms with Gasteiger partial charge in [0.25, 0.3) is 0 Å². The second kappa shape index (κ2) is 3.96. The minimum absolute atomic E-state index is 0.103. The molecule has 0 aromatic heterocycles. The SMILES string of the molecule is CC(C)C1(O)CC(O)C2(C)C(O)C3OC3(C)CC(O)C12. The molecule has 8 unspecified atom stereocenters. The van der Waals surface area contributed by atoms with Crippen LogP contribution in [0.1, 0.15) is 40.5 Å². The van der Waals surface area contributed by atoms with Gasteiger partial charge in [0, 0.05) is 24.2 Å². The topological polar surface area (TPSA) is 93.5 Å². The Labute approximate surface area is 119 Å². The zero-order chi connectivity index (χ0) is 15.1. The Hall–Kier alpha value is -0.200. The van der Waals surface area contributed by atoms with Gasteiger partial charge in [-0.3, -0.25) is 0 Å². The first-order chi connectivity index (χ1) is 9.07. The molecule has 1 heterocycles. The fraction of sp³-hybridized carbons (Fsp3) is 1.00. The number of ether oxygens (including phenoxy) is 1. The van der Waals surface area contributed by atoms with Crippen molar-refractivity contribution in [1.29, 1.82) is 0 Å². The monoisotopic (exact) mass is 286 g/mol. The van der Waals surface area contributed by atoms with Crippen LogP contribution in [0.2, 0.25) is 0 Å². The van der Waals surface area contributed by atoms with Crippen molar-refractivity contribution in [3.63, 3.8) is 0 Å². The highest BCUT2D eigenvalue weighted by atomic mass is 16.6. The Bertz CT molecular complexity index is 426. The highest BCUT2D eigenvalue weighted by Gasteiger charge is 2.73. The summed E-state index contributed by atoms with van der Waals surface area (Å²) in [6, 6.07) is 0. The summed E-state index contributed by atoms with van der Waals surface area (Å²) in [5.41, 5.74) is -2.65. The van der Waals surface area contributed by atoms with Gasteiger partial charge in [-0.05, 0) is 12.8 Å². The first-order valence-corrected chi connectivity index (χ1v) is 7.52. The van der Waals surface area contributed by atoms with Gasteiger partial charge in [-0.2, -0.15) is 0 Å². The molecule has 1 aliphatic heterocycles. The average molecular weight is 286 g/mol. The zero-order valence-corrected chi connectivity index (χ0v) is 12.6. The van der Waals surface area contributed by atoms with E-state index in [2.05, 4.69) is 0 Å². The zero-order valence-electron chi connectivity index (χ0n) is 12.6. The van der Waals surface area contributed by atoms with Crippen LogP contribution in [-0.4, -0.2) is 56.0 Å². The second-order valence-electron chi connectivity index (χ2n) is 7.78. The molecule has 0 radical (unpaired) electrons. The van der Waals surface area contributed by atoms with Crippen molar-refractivity contribution in [3.8, 4) is 0 Å². The van der Waals surface area contributed by atoms with Crippen molar-refractivity contribution in [3.05, 3.63) is 0 Å². The molecule has 116 valence electrons. The summed E-state index contributed by atoms with van der Waals surface area (Å²) < 4.78 is 5.58. The van der Waals surface area contributed by atoms with Crippen LogP contribution in [0.4, 0.5) is 0 Å². The van der Waals surface area contributed by atoms with E-state index >= 15 is 0 Å². The van der Waals surface area contributed by atoms with Crippen LogP contribution in [0.5, 0.6) is 0 Å². The van der Waals surface area contributed by atoms with Crippen LogP contribution in [0.25, 0.3) is 0 Å². The number of aliphatic hydroxyl groups excluding tert-OH is 3. The normalized spacial score (nSPS) is 62.0. The van der Waals surface area contributed by atoms with Crippen LogP contribution in [0.3, 0.4) is 0 Å². The van der Waals surface area contributed by atoms with Crippen LogP contribution in [-0.2, 0) is 4.74 Å². The Balaban J connectivity index is 2.08. The number of epoxide rings is 1. The molecule has 0 aromatic rings. The molecule has 0 spiro atoms. The number of rotatable bonds is 1. The molecule has 0 amide bonds. The van der Waals surface area contributed by atoms with Crippen molar-refractivity contribution in [2.24, 2.45) is 17.3 Å². The molecule has 20 heavy (non-hydrogen) atoms.